The van der Waals surface area contributed by atoms with Crippen LogP contribution in [0.1, 0.15) is 0 Å². The Labute approximate surface area is 501 Å². The minimum Gasteiger partial charge on any atom is -0.741 e. The van der Waals surface area contributed by atoms with Crippen LogP contribution in [-0.4, -0.2) is 96.8 Å². The minimum atomic E-state index is -6.09. The normalized spacial score (nSPS) is 11.8. The Morgan fingerprint density at radius 2 is 0.417 bits per heavy atom. The molecular weight excluding hydrogens is 1330 g/mol. The van der Waals surface area contributed by atoms with Crippen LogP contribution in [0, 0.1) is 0 Å². The van der Waals surface area contributed by atoms with Gasteiger partial charge >= 0.3 is 55.8 Å². The van der Waals surface area contributed by atoms with E-state index in [1.807, 2.05) is 146 Å². The third-order valence-electron chi connectivity index (χ3n) is 12.4. The average molecular weight is 1370 g/mol. The molecule has 0 aliphatic heterocycles. The second kappa shape index (κ2) is 24.0. The smallest absolute Gasteiger partial charge is 0.741 e. The van der Waals surface area contributed by atoms with E-state index in [9.17, 15) is 26.3 Å². The molecule has 0 saturated carbocycles. The van der Waals surface area contributed by atoms with Crippen LogP contribution in [0.25, 0.3) is 135 Å². The van der Waals surface area contributed by atoms with E-state index in [1.54, 1.807) is 0 Å². The van der Waals surface area contributed by atoms with E-state index >= 15 is 0 Å². The number of nitrogens with one attached hydrogen (secondary N) is 6. The van der Waals surface area contributed by atoms with Gasteiger partial charge in [-0.3, -0.25) is 0 Å². The van der Waals surface area contributed by atoms with Crippen LogP contribution < -0.4 is 0 Å². The third kappa shape index (κ3) is 13.1. The molecule has 0 bridgehead atoms. The van der Waals surface area contributed by atoms with Crippen molar-refractivity contribution in [2.45, 2.75) is 11.0 Å². The molecule has 84 heavy (non-hydrogen) atoms. The molecule has 0 radical (unpaired) electrons. The Balaban J connectivity index is 0.000000158. The number of H-pyrrole nitrogens is 6. The van der Waals surface area contributed by atoms with Gasteiger partial charge in [-0.15, -0.1) is 0 Å². The number of para-hydroxylation sites is 12. The van der Waals surface area contributed by atoms with Crippen molar-refractivity contribution in [2.24, 2.45) is 0 Å². The maximum Gasteiger partial charge on any atom is 1.00 e. The Morgan fingerprint density at radius 1 is 0.286 bits per heavy atom. The average Bonchev–Trinajstić information content (AvgIpc) is 2.95. The standard InChI is InChI=1S/2C27H18N6.2CHF3O3S.2Ag/c2*1-2-8-20-19(7-1)28-25(29-20)16-13-17(26-30-21-9-3-4-10-22(21)31-26)15-18(14-16)27-32-23-11-5-6-12-24(23)33-27;2*2-1(3,4)8(5,6)7;;/h2*1-15H,(H,28,29)(H,30,31)(H,32,33);2*(H,5,6,7);;/q;;;;2*+1/p-2. The summed E-state index contributed by atoms with van der Waals surface area (Å²) < 4.78 is 118. The summed E-state index contributed by atoms with van der Waals surface area (Å²) in [5.74, 6) is 4.87. The van der Waals surface area contributed by atoms with Crippen LogP contribution in [0.3, 0.4) is 0 Å². The van der Waals surface area contributed by atoms with Crippen LogP contribution in [0.2, 0.25) is 0 Å². The molecule has 432 valence electrons. The van der Waals surface area contributed by atoms with Gasteiger partial charge in [0.2, 0.25) is 0 Å². The molecule has 14 rings (SSSR count). The number of rotatable bonds is 6. The van der Waals surface area contributed by atoms with Crippen molar-refractivity contribution in [2.75, 3.05) is 0 Å². The Kier molecular flexibility index (Phi) is 17.1. The van der Waals surface area contributed by atoms with Crippen LogP contribution in [-0.2, 0) is 65.0 Å². The van der Waals surface area contributed by atoms with Crippen LogP contribution in [0.15, 0.2) is 182 Å². The second-order valence-corrected chi connectivity index (χ2v) is 20.8. The summed E-state index contributed by atoms with van der Waals surface area (Å²) in [5.41, 5.74) is 6.20. The molecule has 28 heteroatoms. The van der Waals surface area contributed by atoms with E-state index in [4.69, 9.17) is 55.8 Å². The summed E-state index contributed by atoms with van der Waals surface area (Å²) in [6, 6.07) is 61.0. The molecule has 8 aromatic carbocycles. The van der Waals surface area contributed by atoms with Crippen molar-refractivity contribution in [1.29, 1.82) is 0 Å². The maximum atomic E-state index is 10.7. The Bertz CT molecular complexity index is 3980. The first kappa shape index (κ1) is 60.1. The number of hydrogen-bond acceptors (Lipinski definition) is 12. The first-order valence-corrected chi connectivity index (χ1v) is 27.0. The minimum absolute atomic E-state index is 0. The fraction of sp³-hybridized carbons (Fsp3) is 0.0357. The monoisotopic (exact) mass is 1360 g/mol. The molecule has 0 fully saturated rings. The number of halogens is 6. The molecule has 0 amide bonds. The summed E-state index contributed by atoms with van der Waals surface area (Å²) >= 11 is 0. The molecule has 18 nitrogen and oxygen atoms in total. The van der Waals surface area contributed by atoms with Gasteiger partial charge in [0.05, 0.1) is 66.2 Å². The quantitative estimate of drug-likeness (QED) is 0.0392. The van der Waals surface area contributed by atoms with Gasteiger partial charge in [0.15, 0.2) is 20.2 Å². The number of benzene rings is 8. The van der Waals surface area contributed by atoms with Crippen molar-refractivity contribution in [1.82, 2.24) is 59.8 Å². The fourth-order valence-corrected chi connectivity index (χ4v) is 8.61. The van der Waals surface area contributed by atoms with Gasteiger partial charge in [-0.2, -0.15) is 26.3 Å². The largest absolute Gasteiger partial charge is 1.00 e. The summed E-state index contributed by atoms with van der Waals surface area (Å²) in [4.78, 5) is 49.6. The van der Waals surface area contributed by atoms with Crippen molar-refractivity contribution in [3.63, 3.8) is 0 Å². The number of aromatic nitrogens is 12. The van der Waals surface area contributed by atoms with E-state index in [2.05, 4.69) is 66.3 Å². The predicted molar refractivity (Wildman–Crippen MR) is 295 cm³/mol. The zero-order valence-corrected chi connectivity index (χ0v) is 46.7. The van der Waals surface area contributed by atoms with Crippen molar-refractivity contribution >= 4 is 86.4 Å². The zero-order chi connectivity index (χ0) is 57.6. The second-order valence-electron chi connectivity index (χ2n) is 18.0. The van der Waals surface area contributed by atoms with Crippen molar-refractivity contribution in [3.05, 3.63) is 182 Å². The van der Waals surface area contributed by atoms with E-state index in [-0.39, 0.29) is 44.8 Å². The maximum absolute atomic E-state index is 10.7. The molecule has 0 spiro atoms. The van der Waals surface area contributed by atoms with E-state index < -0.39 is 31.3 Å². The first-order valence-electron chi connectivity index (χ1n) is 24.2. The Hall–Kier alpha value is -8.54. The van der Waals surface area contributed by atoms with Gasteiger partial charge in [-0.05, 0) is 109 Å². The molecule has 6 heterocycles. The number of imidazole rings is 6. The molecule has 0 aliphatic rings. The first-order chi connectivity index (χ1) is 39.1. The van der Waals surface area contributed by atoms with Gasteiger partial charge in [0.25, 0.3) is 0 Å². The van der Waals surface area contributed by atoms with E-state index in [0.717, 1.165) is 135 Å². The number of fused-ring (bicyclic) bond motifs is 6. The molecule has 14 aromatic rings. The molecular formula is C56H36Ag2F6N12O6S2. The SMILES string of the molecule is O=S(=O)([O-])C(F)(F)F.O=S(=O)([O-])C(F)(F)F.[Ag+].[Ag+].c1ccc2[nH]c(-c3cc(-c4nc5ccccc5[nH]4)cc(-c4nc5ccccc5[nH]4)c3)nc2c1.c1ccc2[nH]c(-c3cc(-c4nc5ccccc5[nH]4)cc(-c4nc5ccccc5[nH]4)c3)nc2c1. The van der Waals surface area contributed by atoms with Crippen molar-refractivity contribution < 1.29 is 97.0 Å². The third-order valence-corrected chi connectivity index (χ3v) is 13.5. The van der Waals surface area contributed by atoms with Gasteiger partial charge in [-0.1, -0.05) is 72.8 Å². The molecule has 6 aromatic heterocycles. The molecule has 0 saturated heterocycles. The van der Waals surface area contributed by atoms with Crippen molar-refractivity contribution in [3.8, 4) is 68.3 Å². The number of aromatic amines is 6. The summed E-state index contributed by atoms with van der Waals surface area (Å²) in [6.45, 7) is 0. The Morgan fingerprint density at radius 3 is 0.536 bits per heavy atom. The topological polar surface area (TPSA) is 286 Å². The molecule has 0 unspecified atom stereocenters. The summed E-state index contributed by atoms with van der Waals surface area (Å²) in [6.07, 6.45) is 0. The van der Waals surface area contributed by atoms with Crippen LogP contribution in [0.5, 0.6) is 0 Å². The fourth-order valence-electron chi connectivity index (χ4n) is 8.61. The summed E-state index contributed by atoms with van der Waals surface area (Å²) in [5, 5.41) is 0. The number of nitrogens with zero attached hydrogens (tertiary/aromatic N) is 6. The molecule has 6 N–H and O–H groups in total. The zero-order valence-electron chi connectivity index (χ0n) is 42.1. The van der Waals surface area contributed by atoms with Crippen LogP contribution in [0.4, 0.5) is 26.3 Å². The van der Waals surface area contributed by atoms with Gasteiger partial charge in [0.1, 0.15) is 34.9 Å². The van der Waals surface area contributed by atoms with Crippen LogP contribution >= 0.6 is 0 Å². The summed E-state index contributed by atoms with van der Waals surface area (Å²) in [7, 11) is -12.2. The number of alkyl halides is 6. The van der Waals surface area contributed by atoms with E-state index in [0.29, 0.717) is 0 Å². The van der Waals surface area contributed by atoms with Gasteiger partial charge in [0, 0.05) is 33.4 Å². The van der Waals surface area contributed by atoms with Gasteiger partial charge in [-0.25, -0.2) is 46.7 Å². The predicted octanol–water partition coefficient (Wildman–Crippen LogP) is 12.7. The molecule has 0 atom stereocenters. The van der Waals surface area contributed by atoms with Gasteiger partial charge < -0.3 is 39.0 Å². The molecule has 0 aliphatic carbocycles. The number of hydrogen-bond donors (Lipinski definition) is 6. The van der Waals surface area contributed by atoms with E-state index in [1.165, 1.54) is 0 Å².